The molecule has 0 spiro atoms. The van der Waals surface area contributed by atoms with E-state index in [2.05, 4.69) is 37.3 Å². The minimum absolute atomic E-state index is 0.0844. The normalized spacial score (nSPS) is 10.9. The Labute approximate surface area is 118 Å². The van der Waals surface area contributed by atoms with Crippen LogP contribution in [0.2, 0.25) is 0 Å². The van der Waals surface area contributed by atoms with Gasteiger partial charge in [-0.1, -0.05) is 48.0 Å². The number of hydrogen-bond donors (Lipinski definition) is 0. The highest BCUT2D eigenvalue weighted by Crippen LogP contribution is 2.22. The third kappa shape index (κ3) is 2.03. The monoisotopic (exact) mass is 263 g/mol. The zero-order valence-electron chi connectivity index (χ0n) is 11.8. The summed E-state index contributed by atoms with van der Waals surface area (Å²) in [6.45, 7) is 4.75. The molecule has 100 valence electrons. The molecule has 0 saturated carbocycles. The lowest BCUT2D eigenvalue weighted by Crippen LogP contribution is -2.21. The van der Waals surface area contributed by atoms with Gasteiger partial charge in [0, 0.05) is 11.9 Å². The molecule has 2 heteroatoms. The standard InChI is InChI=1S/C18H17NO/c1-3-19-17(14-10-8-13(2)9-11-14)12-15-6-4-5-7-16(15)18(19)20/h4-12H,3H2,1-2H3. The molecular weight excluding hydrogens is 246 g/mol. The molecule has 2 aromatic carbocycles. The fourth-order valence-electron chi connectivity index (χ4n) is 2.58. The van der Waals surface area contributed by atoms with E-state index in [1.54, 1.807) is 0 Å². The molecule has 0 aliphatic heterocycles. The van der Waals surface area contributed by atoms with E-state index in [4.69, 9.17) is 0 Å². The first-order valence-corrected chi connectivity index (χ1v) is 6.90. The fraction of sp³-hybridized carbons (Fsp3) is 0.167. The molecule has 0 atom stereocenters. The molecule has 0 N–H and O–H groups in total. The maximum absolute atomic E-state index is 12.6. The largest absolute Gasteiger partial charge is 0.308 e. The molecule has 0 fully saturated rings. The number of rotatable bonds is 2. The van der Waals surface area contributed by atoms with E-state index in [0.717, 1.165) is 22.0 Å². The van der Waals surface area contributed by atoms with Crippen LogP contribution in [0.3, 0.4) is 0 Å². The van der Waals surface area contributed by atoms with Gasteiger partial charge in [0.15, 0.2) is 0 Å². The summed E-state index contributed by atoms with van der Waals surface area (Å²) >= 11 is 0. The molecule has 0 aliphatic carbocycles. The number of aromatic nitrogens is 1. The second-order valence-corrected chi connectivity index (χ2v) is 5.03. The summed E-state index contributed by atoms with van der Waals surface area (Å²) in [5, 5.41) is 1.78. The van der Waals surface area contributed by atoms with Crippen molar-refractivity contribution in [3.8, 4) is 11.3 Å². The van der Waals surface area contributed by atoms with E-state index < -0.39 is 0 Å². The van der Waals surface area contributed by atoms with Crippen molar-refractivity contribution < 1.29 is 0 Å². The molecule has 0 radical (unpaired) electrons. The third-order valence-electron chi connectivity index (χ3n) is 3.68. The lowest BCUT2D eigenvalue weighted by Gasteiger charge is -2.13. The Morgan fingerprint density at radius 3 is 2.40 bits per heavy atom. The van der Waals surface area contributed by atoms with Gasteiger partial charge in [-0.15, -0.1) is 0 Å². The van der Waals surface area contributed by atoms with Crippen LogP contribution in [0, 0.1) is 6.92 Å². The summed E-state index contributed by atoms with van der Waals surface area (Å²) in [5.41, 5.74) is 3.37. The Balaban J connectivity index is 2.34. The Hall–Kier alpha value is -2.35. The summed E-state index contributed by atoms with van der Waals surface area (Å²) in [4.78, 5) is 12.6. The molecular formula is C18H17NO. The number of aryl methyl sites for hydroxylation is 1. The lowest BCUT2D eigenvalue weighted by molar-refractivity contribution is 0.743. The topological polar surface area (TPSA) is 22.0 Å². The minimum atomic E-state index is 0.0844. The van der Waals surface area contributed by atoms with Gasteiger partial charge in [0.25, 0.3) is 5.56 Å². The average Bonchev–Trinajstić information content (AvgIpc) is 2.48. The van der Waals surface area contributed by atoms with Crippen LogP contribution in [0.5, 0.6) is 0 Å². The zero-order chi connectivity index (χ0) is 14.1. The highest BCUT2D eigenvalue weighted by Gasteiger charge is 2.09. The van der Waals surface area contributed by atoms with Crippen molar-refractivity contribution in [1.29, 1.82) is 0 Å². The number of nitrogens with zero attached hydrogens (tertiary/aromatic N) is 1. The van der Waals surface area contributed by atoms with E-state index in [1.165, 1.54) is 5.56 Å². The van der Waals surface area contributed by atoms with Crippen LogP contribution in [0.25, 0.3) is 22.0 Å². The van der Waals surface area contributed by atoms with Crippen molar-refractivity contribution >= 4 is 10.8 Å². The Kier molecular flexibility index (Phi) is 3.15. The van der Waals surface area contributed by atoms with Crippen LogP contribution < -0.4 is 5.56 Å². The molecule has 0 saturated heterocycles. The molecule has 0 amide bonds. The summed E-state index contributed by atoms with van der Waals surface area (Å²) < 4.78 is 1.84. The number of hydrogen-bond acceptors (Lipinski definition) is 1. The van der Waals surface area contributed by atoms with E-state index in [9.17, 15) is 4.79 Å². The Morgan fingerprint density at radius 2 is 1.70 bits per heavy atom. The SMILES string of the molecule is CCn1c(-c2ccc(C)cc2)cc2ccccc2c1=O. The minimum Gasteiger partial charge on any atom is -0.308 e. The molecule has 0 bridgehead atoms. The molecule has 0 aliphatic rings. The summed E-state index contributed by atoms with van der Waals surface area (Å²) in [7, 11) is 0. The Morgan fingerprint density at radius 1 is 1.00 bits per heavy atom. The molecule has 20 heavy (non-hydrogen) atoms. The van der Waals surface area contributed by atoms with Gasteiger partial charge in [-0.05, 0) is 36.9 Å². The maximum Gasteiger partial charge on any atom is 0.258 e. The summed E-state index contributed by atoms with van der Waals surface area (Å²) in [5.74, 6) is 0. The van der Waals surface area contributed by atoms with Gasteiger partial charge >= 0.3 is 0 Å². The first-order valence-electron chi connectivity index (χ1n) is 6.90. The zero-order valence-corrected chi connectivity index (χ0v) is 11.8. The van der Waals surface area contributed by atoms with Gasteiger partial charge in [-0.3, -0.25) is 4.79 Å². The van der Waals surface area contributed by atoms with Crippen LogP contribution in [-0.4, -0.2) is 4.57 Å². The van der Waals surface area contributed by atoms with Crippen molar-refractivity contribution in [2.45, 2.75) is 20.4 Å². The smallest absolute Gasteiger partial charge is 0.258 e. The van der Waals surface area contributed by atoms with Crippen LogP contribution in [0.1, 0.15) is 12.5 Å². The van der Waals surface area contributed by atoms with Crippen molar-refractivity contribution in [2.24, 2.45) is 0 Å². The van der Waals surface area contributed by atoms with Crippen molar-refractivity contribution in [3.63, 3.8) is 0 Å². The predicted octanol–water partition coefficient (Wildman–Crippen LogP) is 4.00. The molecule has 1 heterocycles. The van der Waals surface area contributed by atoms with Crippen molar-refractivity contribution in [3.05, 3.63) is 70.5 Å². The van der Waals surface area contributed by atoms with E-state index in [0.29, 0.717) is 6.54 Å². The quantitative estimate of drug-likeness (QED) is 0.685. The second kappa shape index (κ2) is 4.97. The van der Waals surface area contributed by atoms with E-state index in [-0.39, 0.29) is 5.56 Å². The van der Waals surface area contributed by atoms with Crippen LogP contribution in [0.15, 0.2) is 59.4 Å². The molecule has 2 nitrogen and oxygen atoms in total. The van der Waals surface area contributed by atoms with Gasteiger partial charge in [0.2, 0.25) is 0 Å². The first-order chi connectivity index (χ1) is 9.70. The van der Waals surface area contributed by atoms with Gasteiger partial charge in [-0.25, -0.2) is 0 Å². The molecule has 1 aromatic heterocycles. The van der Waals surface area contributed by atoms with Crippen LogP contribution in [0.4, 0.5) is 0 Å². The first kappa shape index (κ1) is 12.7. The molecule has 3 rings (SSSR count). The molecule has 0 unspecified atom stereocenters. The van der Waals surface area contributed by atoms with Crippen LogP contribution in [-0.2, 0) is 6.54 Å². The summed E-state index contributed by atoms with van der Waals surface area (Å²) in [6, 6.07) is 18.2. The maximum atomic E-state index is 12.6. The van der Waals surface area contributed by atoms with Gasteiger partial charge in [0.1, 0.15) is 0 Å². The van der Waals surface area contributed by atoms with E-state index in [1.807, 2.05) is 35.8 Å². The Bertz CT molecular complexity index is 813. The van der Waals surface area contributed by atoms with Crippen molar-refractivity contribution in [1.82, 2.24) is 4.57 Å². The third-order valence-corrected chi connectivity index (χ3v) is 3.68. The number of fused-ring (bicyclic) bond motifs is 1. The number of pyridine rings is 1. The predicted molar refractivity (Wildman–Crippen MR) is 84.1 cm³/mol. The molecule has 3 aromatic rings. The highest BCUT2D eigenvalue weighted by molar-refractivity contribution is 5.85. The van der Waals surface area contributed by atoms with Crippen LogP contribution >= 0.6 is 0 Å². The average molecular weight is 263 g/mol. The summed E-state index contributed by atoms with van der Waals surface area (Å²) in [6.07, 6.45) is 0. The fourth-order valence-corrected chi connectivity index (χ4v) is 2.58. The van der Waals surface area contributed by atoms with Gasteiger partial charge in [0.05, 0.1) is 5.69 Å². The lowest BCUT2D eigenvalue weighted by atomic mass is 10.1. The van der Waals surface area contributed by atoms with E-state index >= 15 is 0 Å². The van der Waals surface area contributed by atoms with Gasteiger partial charge < -0.3 is 4.57 Å². The highest BCUT2D eigenvalue weighted by atomic mass is 16.1. The van der Waals surface area contributed by atoms with Gasteiger partial charge in [-0.2, -0.15) is 0 Å². The second-order valence-electron chi connectivity index (χ2n) is 5.03. The number of benzene rings is 2. The van der Waals surface area contributed by atoms with Crippen molar-refractivity contribution in [2.75, 3.05) is 0 Å².